The van der Waals surface area contributed by atoms with E-state index < -0.39 is 17.8 Å². The molecule has 0 bridgehead atoms. The second-order valence-electron chi connectivity index (χ2n) is 7.49. The zero-order valence-corrected chi connectivity index (χ0v) is 17.7. The number of urea groups is 1. The van der Waals surface area contributed by atoms with Crippen molar-refractivity contribution in [3.8, 4) is 0 Å². The molecule has 2 aromatic carbocycles. The summed E-state index contributed by atoms with van der Waals surface area (Å²) in [5, 5.41) is 7.22. The lowest BCUT2D eigenvalue weighted by atomic mass is 9.97. The number of allylic oxidation sites excluding steroid dienone is 2. The van der Waals surface area contributed by atoms with Crippen LogP contribution >= 0.6 is 0 Å². The van der Waals surface area contributed by atoms with Crippen LogP contribution in [0.4, 0.5) is 14.9 Å². The van der Waals surface area contributed by atoms with E-state index in [-0.39, 0.29) is 6.03 Å². The highest BCUT2D eigenvalue weighted by atomic mass is 19.1. The Bertz CT molecular complexity index is 1200. The molecule has 31 heavy (non-hydrogen) atoms. The summed E-state index contributed by atoms with van der Waals surface area (Å²) in [5.41, 5.74) is 8.75. The Kier molecular flexibility index (Phi) is 6.25. The number of aryl methyl sites for hydroxylation is 1. The van der Waals surface area contributed by atoms with Gasteiger partial charge in [0.25, 0.3) is 5.91 Å². The topological polar surface area (TPSA) is 87.5 Å². The molecule has 1 aliphatic heterocycles. The number of hydrogen-bond donors (Lipinski definition) is 3. The maximum atomic E-state index is 13.4. The van der Waals surface area contributed by atoms with Gasteiger partial charge in [0, 0.05) is 24.2 Å². The van der Waals surface area contributed by atoms with Gasteiger partial charge in [-0.2, -0.15) is 0 Å². The normalized spacial score (nSPS) is 17.3. The summed E-state index contributed by atoms with van der Waals surface area (Å²) in [6.45, 7) is 7.70. The molecule has 0 unspecified atom stereocenters. The van der Waals surface area contributed by atoms with Crippen molar-refractivity contribution in [3.63, 3.8) is 0 Å². The van der Waals surface area contributed by atoms with Gasteiger partial charge in [0.1, 0.15) is 5.82 Å². The zero-order chi connectivity index (χ0) is 22.7. The van der Waals surface area contributed by atoms with Crippen LogP contribution in [-0.4, -0.2) is 23.9 Å². The van der Waals surface area contributed by atoms with Crippen LogP contribution in [0.15, 0.2) is 59.9 Å². The molecule has 160 valence electrons. The monoisotopic (exact) mass is 420 g/mol. The first-order valence-corrected chi connectivity index (χ1v) is 9.72. The minimum Gasteiger partial charge on any atom is -0.402 e. The van der Waals surface area contributed by atoms with Crippen LogP contribution in [-0.2, 0) is 4.79 Å². The molecule has 0 saturated heterocycles. The number of nitrogens with zero attached hydrogens (tertiary/aromatic N) is 1. The SMILES string of the molecule is C=c1ccc(C)c(NC(=O)C2=CN(C)C(=O)N[C@H]2c2ccc(F)cc2)/c1=C/C=C(/C)N. The molecule has 6 nitrogen and oxygen atoms in total. The number of nitrogens with two attached hydrogens (primary N) is 1. The van der Waals surface area contributed by atoms with Gasteiger partial charge in [-0.25, -0.2) is 9.18 Å². The summed E-state index contributed by atoms with van der Waals surface area (Å²) < 4.78 is 13.4. The highest BCUT2D eigenvalue weighted by molar-refractivity contribution is 6.06. The molecule has 1 heterocycles. The number of hydrogen-bond acceptors (Lipinski definition) is 3. The van der Waals surface area contributed by atoms with Crippen LogP contribution in [0.25, 0.3) is 12.7 Å². The number of amides is 3. The van der Waals surface area contributed by atoms with Crippen molar-refractivity contribution in [2.45, 2.75) is 19.9 Å². The van der Waals surface area contributed by atoms with Crippen LogP contribution in [0.5, 0.6) is 0 Å². The fourth-order valence-corrected chi connectivity index (χ4v) is 3.28. The Morgan fingerprint density at radius 3 is 2.58 bits per heavy atom. The van der Waals surface area contributed by atoms with Gasteiger partial charge in [-0.05, 0) is 48.4 Å². The number of carbonyl (C=O) groups is 2. The second kappa shape index (κ2) is 8.87. The standard InChI is InChI=1S/C24H25FN4O2/c1-14-5-6-15(2)21(19(14)12-7-16(3)26)27-23(30)20-13-29(4)24(31)28-22(20)17-8-10-18(25)11-9-17/h5-13,22H,1,26H2,2-4H3,(H,27,30)(H,28,31)/b16-7-,19-12+/t22-/m0/s1. The average molecular weight is 420 g/mol. The zero-order valence-electron chi connectivity index (χ0n) is 17.7. The maximum absolute atomic E-state index is 13.4. The summed E-state index contributed by atoms with van der Waals surface area (Å²) in [6.07, 6.45) is 5.04. The Hall–Kier alpha value is -3.87. The Morgan fingerprint density at radius 2 is 1.94 bits per heavy atom. The van der Waals surface area contributed by atoms with E-state index in [0.717, 1.165) is 16.0 Å². The Morgan fingerprint density at radius 1 is 1.26 bits per heavy atom. The fraction of sp³-hybridized carbons (Fsp3) is 0.167. The van der Waals surface area contributed by atoms with Crippen molar-refractivity contribution in [2.75, 3.05) is 12.4 Å². The predicted octanol–water partition coefficient (Wildman–Crippen LogP) is 2.41. The van der Waals surface area contributed by atoms with Crippen molar-refractivity contribution < 1.29 is 14.0 Å². The number of halogens is 1. The molecular weight excluding hydrogens is 395 g/mol. The van der Waals surface area contributed by atoms with E-state index in [2.05, 4.69) is 17.2 Å². The molecule has 0 aliphatic carbocycles. The minimum absolute atomic E-state index is 0.319. The lowest BCUT2D eigenvalue weighted by molar-refractivity contribution is -0.113. The average Bonchev–Trinajstić information content (AvgIpc) is 2.72. The van der Waals surface area contributed by atoms with Crippen LogP contribution in [0, 0.1) is 12.7 Å². The van der Waals surface area contributed by atoms with Crippen molar-refractivity contribution in [1.29, 1.82) is 0 Å². The van der Waals surface area contributed by atoms with E-state index >= 15 is 0 Å². The van der Waals surface area contributed by atoms with Crippen molar-refractivity contribution in [3.05, 3.63) is 87.3 Å². The summed E-state index contributed by atoms with van der Waals surface area (Å²) in [4.78, 5) is 26.8. The van der Waals surface area contributed by atoms with Crippen LogP contribution in [0.3, 0.4) is 0 Å². The number of benzene rings is 2. The molecule has 3 rings (SSSR count). The second-order valence-corrected chi connectivity index (χ2v) is 7.49. The molecule has 0 spiro atoms. The third-order valence-electron chi connectivity index (χ3n) is 4.99. The summed E-state index contributed by atoms with van der Waals surface area (Å²) >= 11 is 0. The van der Waals surface area contributed by atoms with Crippen LogP contribution in [0.1, 0.15) is 24.1 Å². The van der Waals surface area contributed by atoms with Gasteiger partial charge in [0.05, 0.1) is 17.3 Å². The van der Waals surface area contributed by atoms with E-state index in [9.17, 15) is 14.0 Å². The quantitative estimate of drug-likeness (QED) is 0.710. The Balaban J connectivity index is 2.05. The summed E-state index contributed by atoms with van der Waals surface area (Å²) in [7, 11) is 1.55. The van der Waals surface area contributed by atoms with Crippen molar-refractivity contribution in [1.82, 2.24) is 10.2 Å². The minimum atomic E-state index is -0.717. The lowest BCUT2D eigenvalue weighted by Gasteiger charge is -2.30. The Labute approximate surface area is 180 Å². The molecule has 3 amide bonds. The highest BCUT2D eigenvalue weighted by Gasteiger charge is 2.30. The molecule has 0 fully saturated rings. The molecule has 0 saturated carbocycles. The van der Waals surface area contributed by atoms with Gasteiger partial charge in [0.15, 0.2) is 0 Å². The third-order valence-corrected chi connectivity index (χ3v) is 4.99. The predicted molar refractivity (Wildman–Crippen MR) is 121 cm³/mol. The number of rotatable bonds is 4. The van der Waals surface area contributed by atoms with Crippen LogP contribution in [0.2, 0.25) is 0 Å². The van der Waals surface area contributed by atoms with Gasteiger partial charge >= 0.3 is 6.03 Å². The number of anilines is 1. The molecule has 1 aliphatic rings. The smallest absolute Gasteiger partial charge is 0.321 e. The molecule has 0 radical (unpaired) electrons. The van der Waals surface area contributed by atoms with Gasteiger partial charge in [-0.3, -0.25) is 4.79 Å². The summed E-state index contributed by atoms with van der Waals surface area (Å²) in [6, 6.07) is 8.33. The maximum Gasteiger partial charge on any atom is 0.321 e. The van der Waals surface area contributed by atoms with E-state index in [1.54, 1.807) is 38.3 Å². The number of nitrogens with one attached hydrogen (secondary N) is 2. The first kappa shape index (κ1) is 21.8. The molecular formula is C24H25FN4O2. The first-order valence-electron chi connectivity index (χ1n) is 9.72. The first-order chi connectivity index (χ1) is 14.7. The molecule has 7 heteroatoms. The van der Waals surface area contributed by atoms with Crippen molar-refractivity contribution >= 4 is 30.3 Å². The number of carbonyl (C=O) groups excluding carboxylic acids is 2. The fourth-order valence-electron chi connectivity index (χ4n) is 3.28. The van der Waals surface area contributed by atoms with E-state index in [0.29, 0.717) is 22.5 Å². The molecule has 1 atom stereocenters. The highest BCUT2D eigenvalue weighted by Crippen LogP contribution is 2.27. The van der Waals surface area contributed by atoms with E-state index in [4.69, 9.17) is 5.73 Å². The lowest BCUT2D eigenvalue weighted by Crippen LogP contribution is -2.44. The van der Waals surface area contributed by atoms with Gasteiger partial charge < -0.3 is 21.3 Å². The van der Waals surface area contributed by atoms with Gasteiger partial charge in [-0.1, -0.05) is 36.9 Å². The third kappa shape index (κ3) is 4.83. The summed E-state index contributed by atoms with van der Waals surface area (Å²) in [5.74, 6) is -0.790. The van der Waals surface area contributed by atoms with Gasteiger partial charge in [0.2, 0.25) is 0 Å². The van der Waals surface area contributed by atoms with E-state index in [1.807, 2.05) is 19.1 Å². The molecule has 4 N–H and O–H groups in total. The van der Waals surface area contributed by atoms with Gasteiger partial charge in [-0.15, -0.1) is 0 Å². The largest absolute Gasteiger partial charge is 0.402 e. The van der Waals surface area contributed by atoms with Crippen LogP contribution < -0.4 is 26.8 Å². The molecule has 0 aromatic heterocycles. The molecule has 2 aromatic rings. The van der Waals surface area contributed by atoms with Crippen molar-refractivity contribution in [2.24, 2.45) is 5.73 Å². The van der Waals surface area contributed by atoms with E-state index in [1.165, 1.54) is 23.2 Å².